The molecule has 1 aliphatic heterocycles. The fraction of sp³-hybridized carbons (Fsp3) is 0.529. The summed E-state index contributed by atoms with van der Waals surface area (Å²) in [4.78, 5) is 20.3. The van der Waals surface area contributed by atoms with Gasteiger partial charge >= 0.3 is 0 Å². The van der Waals surface area contributed by atoms with Gasteiger partial charge in [0.15, 0.2) is 0 Å². The molecule has 1 aliphatic rings. The molecule has 3 N–H and O–H groups in total. The van der Waals surface area contributed by atoms with Gasteiger partial charge in [-0.25, -0.2) is 4.98 Å². The maximum Gasteiger partial charge on any atom is 0.222 e. The number of hydrogen-bond donors (Lipinski definition) is 3. The molecule has 2 atom stereocenters. The third kappa shape index (κ3) is 4.85. The lowest BCUT2D eigenvalue weighted by molar-refractivity contribution is -0.122. The standard InChI is InChI=1S/C17H24N4O.2ClH/c1-11(2)16(21-15(22)10-12-6-5-9-18-12)17-19-13-7-3-4-8-14(13)20-17;;/h3-4,7-8,11-12,16,18H,5-6,9-10H2,1-2H3,(H,19,20)(H,21,22);2*1H. The minimum absolute atomic E-state index is 0. The number of carbonyl (C=O) groups is 1. The molecule has 0 aliphatic carbocycles. The molecule has 7 heteroatoms. The molecule has 1 aromatic carbocycles. The van der Waals surface area contributed by atoms with Crippen LogP contribution in [0.4, 0.5) is 0 Å². The van der Waals surface area contributed by atoms with Crippen molar-refractivity contribution >= 4 is 41.8 Å². The number of fused-ring (bicyclic) bond motifs is 1. The van der Waals surface area contributed by atoms with Crippen LogP contribution in [0, 0.1) is 5.92 Å². The molecule has 3 rings (SSSR count). The fourth-order valence-electron chi connectivity index (χ4n) is 3.06. The molecule has 5 nitrogen and oxygen atoms in total. The Labute approximate surface area is 155 Å². The van der Waals surface area contributed by atoms with Crippen molar-refractivity contribution in [2.75, 3.05) is 6.54 Å². The van der Waals surface area contributed by atoms with E-state index in [1.807, 2.05) is 24.3 Å². The number of benzene rings is 1. The highest BCUT2D eigenvalue weighted by molar-refractivity contribution is 5.85. The van der Waals surface area contributed by atoms with Crippen LogP contribution in [0.25, 0.3) is 11.0 Å². The highest BCUT2D eigenvalue weighted by Gasteiger charge is 2.24. The molecule has 24 heavy (non-hydrogen) atoms. The number of nitrogens with one attached hydrogen (secondary N) is 3. The number of hydrogen-bond acceptors (Lipinski definition) is 3. The maximum absolute atomic E-state index is 12.3. The van der Waals surface area contributed by atoms with E-state index >= 15 is 0 Å². The average Bonchev–Trinajstić information content (AvgIpc) is 3.12. The summed E-state index contributed by atoms with van der Waals surface area (Å²) in [6, 6.07) is 8.19. The molecule has 1 aromatic heterocycles. The Kier molecular flexibility index (Phi) is 8.00. The van der Waals surface area contributed by atoms with Crippen molar-refractivity contribution in [1.29, 1.82) is 0 Å². The summed E-state index contributed by atoms with van der Waals surface area (Å²) in [5.41, 5.74) is 1.95. The second-order valence-corrected chi connectivity index (χ2v) is 6.43. The summed E-state index contributed by atoms with van der Waals surface area (Å²) in [5, 5.41) is 6.51. The van der Waals surface area contributed by atoms with Crippen molar-refractivity contribution in [3.8, 4) is 0 Å². The zero-order chi connectivity index (χ0) is 15.5. The van der Waals surface area contributed by atoms with Crippen molar-refractivity contribution in [3.05, 3.63) is 30.1 Å². The van der Waals surface area contributed by atoms with Crippen LogP contribution < -0.4 is 10.6 Å². The van der Waals surface area contributed by atoms with Crippen LogP contribution in [-0.2, 0) is 4.79 Å². The SMILES string of the molecule is CC(C)C(NC(=O)CC1CCCN1)c1nc2ccccc2[nH]1.Cl.Cl. The van der Waals surface area contributed by atoms with Gasteiger partial charge in [0.05, 0.1) is 17.1 Å². The molecular weight excluding hydrogens is 347 g/mol. The second-order valence-electron chi connectivity index (χ2n) is 6.43. The summed E-state index contributed by atoms with van der Waals surface area (Å²) in [6.45, 7) is 5.23. The van der Waals surface area contributed by atoms with Crippen molar-refractivity contribution in [2.45, 2.75) is 45.2 Å². The Morgan fingerprint density at radius 3 is 2.71 bits per heavy atom. The van der Waals surface area contributed by atoms with E-state index in [1.54, 1.807) is 0 Å². The third-order valence-corrected chi connectivity index (χ3v) is 4.28. The van der Waals surface area contributed by atoms with Gasteiger partial charge in [-0.15, -0.1) is 24.8 Å². The van der Waals surface area contributed by atoms with Gasteiger partial charge in [0.2, 0.25) is 5.91 Å². The van der Waals surface area contributed by atoms with E-state index in [4.69, 9.17) is 0 Å². The largest absolute Gasteiger partial charge is 0.346 e. The molecule has 0 bridgehead atoms. The van der Waals surface area contributed by atoms with Crippen LogP contribution in [0.2, 0.25) is 0 Å². The zero-order valence-electron chi connectivity index (χ0n) is 14.0. The van der Waals surface area contributed by atoms with E-state index < -0.39 is 0 Å². The van der Waals surface area contributed by atoms with E-state index in [0.29, 0.717) is 12.5 Å². The Hall–Kier alpha value is -1.30. The average molecular weight is 373 g/mol. The van der Waals surface area contributed by atoms with Crippen LogP contribution in [-0.4, -0.2) is 28.5 Å². The van der Waals surface area contributed by atoms with Gasteiger partial charge in [0, 0.05) is 12.5 Å². The van der Waals surface area contributed by atoms with Gasteiger partial charge in [-0.3, -0.25) is 4.79 Å². The number of imidazole rings is 1. The molecule has 0 saturated carbocycles. The first-order chi connectivity index (χ1) is 10.6. The van der Waals surface area contributed by atoms with Gasteiger partial charge in [0.1, 0.15) is 5.82 Å². The molecule has 0 spiro atoms. The van der Waals surface area contributed by atoms with Crippen LogP contribution in [0.1, 0.15) is 45.0 Å². The number of rotatable bonds is 5. The van der Waals surface area contributed by atoms with Crippen molar-refractivity contribution < 1.29 is 4.79 Å². The number of carbonyl (C=O) groups excluding carboxylic acids is 1. The zero-order valence-corrected chi connectivity index (χ0v) is 15.7. The van der Waals surface area contributed by atoms with Crippen molar-refractivity contribution in [2.24, 2.45) is 5.92 Å². The fourth-order valence-corrected chi connectivity index (χ4v) is 3.06. The number of amides is 1. The summed E-state index contributed by atoms with van der Waals surface area (Å²) < 4.78 is 0. The van der Waals surface area contributed by atoms with Crippen molar-refractivity contribution in [1.82, 2.24) is 20.6 Å². The van der Waals surface area contributed by atoms with Crippen LogP contribution in [0.5, 0.6) is 0 Å². The summed E-state index contributed by atoms with van der Waals surface area (Å²) >= 11 is 0. The van der Waals surface area contributed by atoms with E-state index in [1.165, 1.54) is 0 Å². The van der Waals surface area contributed by atoms with Crippen LogP contribution in [0.15, 0.2) is 24.3 Å². The van der Waals surface area contributed by atoms with Gasteiger partial charge in [-0.2, -0.15) is 0 Å². The monoisotopic (exact) mass is 372 g/mol. The Morgan fingerprint density at radius 1 is 1.33 bits per heavy atom. The van der Waals surface area contributed by atoms with Crippen LogP contribution in [0.3, 0.4) is 0 Å². The second kappa shape index (κ2) is 9.25. The minimum atomic E-state index is -0.0821. The first-order valence-electron chi connectivity index (χ1n) is 8.11. The number of aromatic amines is 1. The predicted octanol–water partition coefficient (Wildman–Crippen LogP) is 3.36. The minimum Gasteiger partial charge on any atom is -0.346 e. The molecule has 2 aromatic rings. The first kappa shape index (κ1) is 20.7. The Balaban J connectivity index is 0.00000144. The first-order valence-corrected chi connectivity index (χ1v) is 8.11. The number of para-hydroxylation sites is 2. The highest BCUT2D eigenvalue weighted by atomic mass is 35.5. The molecule has 1 fully saturated rings. The van der Waals surface area contributed by atoms with E-state index in [-0.39, 0.29) is 42.7 Å². The topological polar surface area (TPSA) is 69.8 Å². The van der Waals surface area contributed by atoms with Gasteiger partial charge < -0.3 is 15.6 Å². The number of halogens is 2. The summed E-state index contributed by atoms with van der Waals surface area (Å²) in [6.07, 6.45) is 2.79. The third-order valence-electron chi connectivity index (χ3n) is 4.28. The molecular formula is C17H26Cl2N4O. The molecule has 2 unspecified atom stereocenters. The molecule has 134 valence electrons. The lowest BCUT2D eigenvalue weighted by Crippen LogP contribution is -2.36. The Bertz CT molecular complexity index is 620. The van der Waals surface area contributed by atoms with Gasteiger partial charge in [-0.05, 0) is 37.4 Å². The number of nitrogens with zero attached hydrogens (tertiary/aromatic N) is 1. The lowest BCUT2D eigenvalue weighted by atomic mass is 10.0. The van der Waals surface area contributed by atoms with E-state index in [9.17, 15) is 4.79 Å². The van der Waals surface area contributed by atoms with Crippen LogP contribution >= 0.6 is 24.8 Å². The summed E-state index contributed by atoms with van der Waals surface area (Å²) in [7, 11) is 0. The molecule has 2 heterocycles. The number of aromatic nitrogens is 2. The van der Waals surface area contributed by atoms with E-state index in [2.05, 4.69) is 34.4 Å². The van der Waals surface area contributed by atoms with Gasteiger partial charge in [-0.1, -0.05) is 26.0 Å². The quantitative estimate of drug-likeness (QED) is 0.753. The van der Waals surface area contributed by atoms with E-state index in [0.717, 1.165) is 36.2 Å². The number of H-pyrrole nitrogens is 1. The lowest BCUT2D eigenvalue weighted by Gasteiger charge is -2.21. The normalized spacial score (nSPS) is 18.0. The summed E-state index contributed by atoms with van der Waals surface area (Å²) in [5.74, 6) is 1.21. The van der Waals surface area contributed by atoms with Crippen molar-refractivity contribution in [3.63, 3.8) is 0 Å². The molecule has 0 radical (unpaired) electrons. The van der Waals surface area contributed by atoms with Gasteiger partial charge in [0.25, 0.3) is 0 Å². The predicted molar refractivity (Wildman–Crippen MR) is 102 cm³/mol. The molecule has 1 amide bonds. The Morgan fingerprint density at radius 2 is 2.08 bits per heavy atom. The molecule has 1 saturated heterocycles. The maximum atomic E-state index is 12.3. The highest BCUT2D eigenvalue weighted by Crippen LogP contribution is 2.22. The smallest absolute Gasteiger partial charge is 0.222 e.